The fraction of sp³-hybridized carbons (Fsp3) is 0.609. The van der Waals surface area contributed by atoms with E-state index in [1.54, 1.807) is 7.11 Å². The Kier molecular flexibility index (Phi) is 8.33. The van der Waals surface area contributed by atoms with Crippen LogP contribution in [-0.2, 0) is 41.7 Å². The largest absolute Gasteiger partial charge is 0.460 e. The number of hydrogen-bond donors (Lipinski definition) is 0. The van der Waals surface area contributed by atoms with Crippen molar-refractivity contribution >= 4 is 33.2 Å². The van der Waals surface area contributed by atoms with Gasteiger partial charge in [-0.3, -0.25) is 13.5 Å². The van der Waals surface area contributed by atoms with Gasteiger partial charge in [0.15, 0.2) is 10.6 Å². The van der Waals surface area contributed by atoms with Crippen molar-refractivity contribution in [1.29, 1.82) is 0 Å². The average molecular weight is 512 g/mol. The molecule has 3 rings (SSSR count). The molecular weight excluding hydrogens is 478 g/mol. The minimum Gasteiger partial charge on any atom is -0.460 e. The molecule has 0 unspecified atom stereocenters. The van der Waals surface area contributed by atoms with Crippen LogP contribution in [0.5, 0.6) is 0 Å². The number of pyridine rings is 1. The molecule has 1 aliphatic rings. The van der Waals surface area contributed by atoms with Crippen molar-refractivity contribution in [3.8, 4) is 0 Å². The first-order chi connectivity index (χ1) is 15.9. The molecule has 0 bridgehead atoms. The van der Waals surface area contributed by atoms with Crippen molar-refractivity contribution in [3.63, 3.8) is 0 Å². The van der Waals surface area contributed by atoms with Crippen molar-refractivity contribution in [2.45, 2.75) is 71.3 Å². The van der Waals surface area contributed by atoms with E-state index in [1.165, 1.54) is 11.3 Å². The van der Waals surface area contributed by atoms with E-state index in [-0.39, 0.29) is 5.97 Å². The van der Waals surface area contributed by atoms with E-state index in [4.69, 9.17) is 18.6 Å². The first-order valence-corrected chi connectivity index (χ1v) is 13.8. The molecule has 2 aromatic heterocycles. The summed E-state index contributed by atoms with van der Waals surface area (Å²) in [5.74, 6) is 0.247. The second kappa shape index (κ2) is 10.7. The Balaban J connectivity index is 1.86. The summed E-state index contributed by atoms with van der Waals surface area (Å²) in [5.41, 5.74) is -0.720. The molecule has 0 aromatic carbocycles. The maximum absolute atomic E-state index is 13.3. The molecule has 0 radical (unpaired) electrons. The maximum atomic E-state index is 13.3. The van der Waals surface area contributed by atoms with Gasteiger partial charge in [-0.05, 0) is 58.6 Å². The summed E-state index contributed by atoms with van der Waals surface area (Å²) in [7, 11) is -1.93. The highest BCUT2D eigenvalue weighted by Gasteiger charge is 2.45. The van der Waals surface area contributed by atoms with Crippen molar-refractivity contribution in [1.82, 2.24) is 9.55 Å². The topological polar surface area (TPSA) is 109 Å². The highest BCUT2D eigenvalue weighted by molar-refractivity contribution is 7.86. The second-order valence-electron chi connectivity index (χ2n) is 9.63. The molecule has 0 amide bonds. The third-order valence-electron chi connectivity index (χ3n) is 5.48. The van der Waals surface area contributed by atoms with Crippen LogP contribution in [0.15, 0.2) is 34.8 Å². The van der Waals surface area contributed by atoms with Crippen LogP contribution >= 0.6 is 11.3 Å². The minimum atomic E-state index is -3.56. The first kappa shape index (κ1) is 26.5. The summed E-state index contributed by atoms with van der Waals surface area (Å²) < 4.78 is 41.2. The molecule has 188 valence electrons. The van der Waals surface area contributed by atoms with Crippen LogP contribution in [0.25, 0.3) is 0 Å². The highest BCUT2D eigenvalue weighted by Crippen LogP contribution is 2.42. The smallest absolute Gasteiger partial charge is 0.312 e. The average Bonchev–Trinajstić information content (AvgIpc) is 3.14. The quantitative estimate of drug-likeness (QED) is 0.394. The molecule has 0 saturated heterocycles. The number of carbonyl (C=O) groups excluding carboxylic acids is 1. The van der Waals surface area contributed by atoms with Crippen molar-refractivity contribution < 1.29 is 26.9 Å². The monoisotopic (exact) mass is 511 g/mol. The lowest BCUT2D eigenvalue weighted by molar-refractivity contribution is -0.171. The lowest BCUT2D eigenvalue weighted by Crippen LogP contribution is -2.43. The zero-order valence-electron chi connectivity index (χ0n) is 20.3. The molecule has 0 atom stereocenters. The zero-order chi connectivity index (χ0) is 25.0. The molecule has 9 nitrogen and oxygen atoms in total. The van der Waals surface area contributed by atoms with Gasteiger partial charge in [-0.2, -0.15) is 8.42 Å². The Morgan fingerprint density at radius 1 is 1.29 bits per heavy atom. The predicted molar refractivity (Wildman–Crippen MR) is 129 cm³/mol. The van der Waals surface area contributed by atoms with Crippen LogP contribution in [0.4, 0.5) is 5.82 Å². The van der Waals surface area contributed by atoms with E-state index in [2.05, 4.69) is 4.99 Å². The van der Waals surface area contributed by atoms with Crippen molar-refractivity contribution in [2.24, 2.45) is 10.4 Å². The van der Waals surface area contributed by atoms with Crippen molar-refractivity contribution in [3.05, 3.63) is 40.3 Å². The lowest BCUT2D eigenvalue weighted by Gasteiger charge is -2.39. The highest BCUT2D eigenvalue weighted by atomic mass is 32.2. The van der Waals surface area contributed by atoms with Gasteiger partial charge in [-0.1, -0.05) is 6.07 Å². The Morgan fingerprint density at radius 2 is 2.00 bits per heavy atom. The summed E-state index contributed by atoms with van der Waals surface area (Å²) in [6, 6.07) is 5.57. The lowest BCUT2D eigenvalue weighted by atomic mass is 9.70. The van der Waals surface area contributed by atoms with Gasteiger partial charge < -0.3 is 9.47 Å². The van der Waals surface area contributed by atoms with E-state index in [1.807, 2.05) is 55.1 Å². The number of carbonyl (C=O) groups is 1. The summed E-state index contributed by atoms with van der Waals surface area (Å²) in [6.07, 6.45) is 4.67. The van der Waals surface area contributed by atoms with E-state index < -0.39 is 27.2 Å². The van der Waals surface area contributed by atoms with Gasteiger partial charge in [-0.15, -0.1) is 11.3 Å². The van der Waals surface area contributed by atoms with Crippen LogP contribution < -0.4 is 4.80 Å². The number of ether oxygens (including phenoxy) is 2. The fourth-order valence-corrected chi connectivity index (χ4v) is 5.43. The molecule has 1 aliphatic carbocycles. The van der Waals surface area contributed by atoms with Crippen molar-refractivity contribution in [2.75, 3.05) is 13.4 Å². The molecule has 2 heterocycles. The number of esters is 1. The molecule has 1 fully saturated rings. The predicted octanol–water partition coefficient (Wildman–Crippen LogP) is 3.57. The number of methoxy groups -OCH3 is 1. The third-order valence-corrected chi connectivity index (χ3v) is 6.90. The Bertz CT molecular complexity index is 1160. The third kappa shape index (κ3) is 7.46. The number of hydrogen-bond acceptors (Lipinski definition) is 9. The molecule has 11 heteroatoms. The Morgan fingerprint density at radius 3 is 2.62 bits per heavy atom. The molecule has 1 saturated carbocycles. The fourth-order valence-electron chi connectivity index (χ4n) is 4.02. The first-order valence-electron chi connectivity index (χ1n) is 11.1. The maximum Gasteiger partial charge on any atom is 0.312 e. The molecular formula is C23H33N3O6S2. The van der Waals surface area contributed by atoms with E-state index in [0.717, 1.165) is 16.8 Å². The van der Waals surface area contributed by atoms with E-state index in [0.29, 0.717) is 44.7 Å². The Hall–Kier alpha value is -2.08. The summed E-state index contributed by atoms with van der Waals surface area (Å²) in [4.78, 5) is 23.4. The van der Waals surface area contributed by atoms with Crippen LogP contribution in [0.1, 0.15) is 52.1 Å². The molecule has 34 heavy (non-hydrogen) atoms. The number of rotatable bonds is 8. The molecule has 2 aromatic rings. The number of thiazole rings is 1. The van der Waals surface area contributed by atoms with Crippen LogP contribution in [0, 0.1) is 5.41 Å². The minimum absolute atomic E-state index is 0.293. The second-order valence-corrected chi connectivity index (χ2v) is 12.1. The Labute approximate surface area is 204 Å². The van der Waals surface area contributed by atoms with Gasteiger partial charge in [0.05, 0.1) is 17.8 Å². The van der Waals surface area contributed by atoms with Crippen LogP contribution in [-0.4, -0.2) is 49.0 Å². The normalized spacial score (nSPS) is 22.0. The zero-order valence-corrected chi connectivity index (χ0v) is 21.9. The van der Waals surface area contributed by atoms with E-state index >= 15 is 0 Å². The number of nitrogens with zero attached hydrogens (tertiary/aromatic N) is 3. The van der Waals surface area contributed by atoms with Gasteiger partial charge in [0.1, 0.15) is 12.3 Å². The van der Waals surface area contributed by atoms with Gasteiger partial charge >= 0.3 is 5.97 Å². The van der Waals surface area contributed by atoms with Crippen LogP contribution in [0.2, 0.25) is 0 Å². The molecule has 0 N–H and O–H groups in total. The van der Waals surface area contributed by atoms with Gasteiger partial charge in [0.25, 0.3) is 10.1 Å². The van der Waals surface area contributed by atoms with Gasteiger partial charge in [-0.25, -0.2) is 9.98 Å². The van der Waals surface area contributed by atoms with E-state index in [9.17, 15) is 13.2 Å². The molecule has 0 spiro atoms. The van der Waals surface area contributed by atoms with Crippen LogP contribution in [0.3, 0.4) is 0 Å². The standard InChI is InChI=1S/C23H33N3O6S2/c1-22(2,3)31-20(27)23(11-9-18(10-12-23)32-34(5,28)29)15-17-7-6-8-19(24-17)25-21-26(16-30-4)13-14-33-21/h6-8,13-14,18H,9-12,15-16H2,1-5H3/b25-21-. The van der Waals surface area contributed by atoms with Gasteiger partial charge in [0, 0.05) is 30.8 Å². The summed E-state index contributed by atoms with van der Waals surface area (Å²) in [6.45, 7) is 5.90. The number of aromatic nitrogens is 2. The van der Waals surface area contributed by atoms with Gasteiger partial charge in [0.2, 0.25) is 0 Å². The summed E-state index contributed by atoms with van der Waals surface area (Å²) >= 11 is 1.48. The summed E-state index contributed by atoms with van der Waals surface area (Å²) in [5, 5.41) is 1.93. The molecule has 0 aliphatic heterocycles. The SMILES string of the molecule is COCn1ccs/c1=N\c1cccc(CC2(C(=O)OC(C)(C)C)CCC(OS(C)(=O)=O)CC2)n1.